The Balaban J connectivity index is 2.61. The highest BCUT2D eigenvalue weighted by molar-refractivity contribution is 4.89. The molecule has 0 radical (unpaired) electrons. The summed E-state index contributed by atoms with van der Waals surface area (Å²) < 4.78 is 0. The molecule has 0 amide bonds. The molecule has 1 saturated carbocycles. The molecular weight excluding hydrogens is 144 g/mol. The Morgan fingerprint density at radius 3 is 2.17 bits per heavy atom. The van der Waals surface area contributed by atoms with Crippen LogP contribution in [0.4, 0.5) is 0 Å². The lowest BCUT2D eigenvalue weighted by Crippen LogP contribution is -2.12. The second-order valence-electron chi connectivity index (χ2n) is 5.46. The normalized spacial score (nSPS) is 42.5. The molecule has 1 rings (SSSR count). The fourth-order valence-electron chi connectivity index (χ4n) is 2.96. The summed E-state index contributed by atoms with van der Waals surface area (Å²) in [6, 6.07) is 0. The first-order valence-electron chi connectivity index (χ1n) is 5.48. The van der Waals surface area contributed by atoms with E-state index in [1.807, 2.05) is 0 Å². The summed E-state index contributed by atoms with van der Waals surface area (Å²) in [6.45, 7) is 12.0. The Hall–Kier alpha value is 0. The van der Waals surface area contributed by atoms with Crippen molar-refractivity contribution >= 4 is 0 Å². The third-order valence-corrected chi connectivity index (χ3v) is 3.98. The number of rotatable bonds is 2. The molecule has 3 atom stereocenters. The van der Waals surface area contributed by atoms with Gasteiger partial charge < -0.3 is 0 Å². The van der Waals surface area contributed by atoms with Crippen LogP contribution in [-0.2, 0) is 0 Å². The summed E-state index contributed by atoms with van der Waals surface area (Å²) in [7, 11) is 0. The van der Waals surface area contributed by atoms with Gasteiger partial charge >= 0.3 is 0 Å². The average molecular weight is 168 g/mol. The van der Waals surface area contributed by atoms with Gasteiger partial charge in [-0.05, 0) is 36.0 Å². The first-order chi connectivity index (χ1) is 5.48. The predicted octanol–water partition coefficient (Wildman–Crippen LogP) is 4.10. The maximum absolute atomic E-state index is 2.46. The molecular formula is C12H24. The van der Waals surface area contributed by atoms with Crippen molar-refractivity contribution in [2.24, 2.45) is 23.2 Å². The molecule has 72 valence electrons. The van der Waals surface area contributed by atoms with Crippen LogP contribution in [0.15, 0.2) is 0 Å². The summed E-state index contributed by atoms with van der Waals surface area (Å²) in [5.41, 5.74) is 0.661. The fourth-order valence-corrected chi connectivity index (χ4v) is 2.96. The van der Waals surface area contributed by atoms with E-state index in [0.717, 1.165) is 17.8 Å². The third-order valence-electron chi connectivity index (χ3n) is 3.98. The van der Waals surface area contributed by atoms with E-state index >= 15 is 0 Å². The lowest BCUT2D eigenvalue weighted by atomic mass is 9.83. The topological polar surface area (TPSA) is 0 Å². The van der Waals surface area contributed by atoms with Gasteiger partial charge in [-0.3, -0.25) is 0 Å². The van der Waals surface area contributed by atoms with E-state index in [9.17, 15) is 0 Å². The average Bonchev–Trinajstić information content (AvgIpc) is 2.28. The Morgan fingerprint density at radius 1 is 1.33 bits per heavy atom. The molecule has 0 aromatic carbocycles. The fraction of sp³-hybridized carbons (Fsp3) is 1.00. The molecule has 0 nitrogen and oxygen atoms in total. The summed E-state index contributed by atoms with van der Waals surface area (Å²) in [4.78, 5) is 0. The van der Waals surface area contributed by atoms with Crippen LogP contribution in [0.2, 0.25) is 0 Å². The largest absolute Gasteiger partial charge is 0.0649 e. The SMILES string of the molecule is CCC1(C)CC(C)C(C(C)C)C1. The molecule has 0 aromatic rings. The second kappa shape index (κ2) is 3.40. The van der Waals surface area contributed by atoms with Crippen LogP contribution in [0.25, 0.3) is 0 Å². The molecule has 0 N–H and O–H groups in total. The number of hydrogen-bond donors (Lipinski definition) is 0. The summed E-state index contributed by atoms with van der Waals surface area (Å²) in [5, 5.41) is 0. The van der Waals surface area contributed by atoms with E-state index in [1.165, 1.54) is 19.3 Å². The van der Waals surface area contributed by atoms with Gasteiger partial charge in [0.15, 0.2) is 0 Å². The highest BCUT2D eigenvalue weighted by Crippen LogP contribution is 2.49. The maximum atomic E-state index is 2.46. The van der Waals surface area contributed by atoms with Gasteiger partial charge in [0.25, 0.3) is 0 Å². The Kier molecular flexibility index (Phi) is 2.85. The quantitative estimate of drug-likeness (QED) is 0.582. The van der Waals surface area contributed by atoms with Gasteiger partial charge in [-0.2, -0.15) is 0 Å². The van der Waals surface area contributed by atoms with Crippen molar-refractivity contribution in [3.8, 4) is 0 Å². The van der Waals surface area contributed by atoms with Crippen LogP contribution in [0.5, 0.6) is 0 Å². The van der Waals surface area contributed by atoms with Gasteiger partial charge in [0.05, 0.1) is 0 Å². The Bertz CT molecular complexity index is 148. The summed E-state index contributed by atoms with van der Waals surface area (Å²) in [5.74, 6) is 2.82. The molecule has 0 spiro atoms. The van der Waals surface area contributed by atoms with Crippen molar-refractivity contribution in [3.05, 3.63) is 0 Å². The van der Waals surface area contributed by atoms with Gasteiger partial charge in [-0.25, -0.2) is 0 Å². The number of hydrogen-bond acceptors (Lipinski definition) is 0. The van der Waals surface area contributed by atoms with Crippen LogP contribution in [0.1, 0.15) is 53.9 Å². The van der Waals surface area contributed by atoms with Gasteiger partial charge in [0, 0.05) is 0 Å². The van der Waals surface area contributed by atoms with Crippen molar-refractivity contribution in [2.75, 3.05) is 0 Å². The molecule has 1 fully saturated rings. The zero-order chi connectivity index (χ0) is 9.35. The summed E-state index contributed by atoms with van der Waals surface area (Å²) in [6.07, 6.45) is 4.27. The minimum Gasteiger partial charge on any atom is -0.0649 e. The smallest absolute Gasteiger partial charge is 0.0323 e. The van der Waals surface area contributed by atoms with Crippen molar-refractivity contribution in [1.82, 2.24) is 0 Å². The van der Waals surface area contributed by atoms with Crippen LogP contribution < -0.4 is 0 Å². The lowest BCUT2D eigenvalue weighted by Gasteiger charge is -2.22. The standard InChI is InChI=1S/C12H24/c1-6-12(5)7-10(4)11(8-12)9(2)3/h9-11H,6-8H2,1-5H3. The van der Waals surface area contributed by atoms with Gasteiger partial charge in [-0.15, -0.1) is 0 Å². The minimum absolute atomic E-state index is 0.661. The van der Waals surface area contributed by atoms with E-state index in [1.54, 1.807) is 0 Å². The predicted molar refractivity (Wildman–Crippen MR) is 55.1 cm³/mol. The lowest BCUT2D eigenvalue weighted by molar-refractivity contribution is 0.281. The monoisotopic (exact) mass is 168 g/mol. The van der Waals surface area contributed by atoms with Gasteiger partial charge in [0.2, 0.25) is 0 Å². The van der Waals surface area contributed by atoms with Gasteiger partial charge in [-0.1, -0.05) is 41.0 Å². The van der Waals surface area contributed by atoms with E-state index < -0.39 is 0 Å². The van der Waals surface area contributed by atoms with Gasteiger partial charge in [0.1, 0.15) is 0 Å². The molecule has 0 heteroatoms. The highest BCUT2D eigenvalue weighted by atomic mass is 14.4. The molecule has 0 heterocycles. The maximum Gasteiger partial charge on any atom is -0.0323 e. The first-order valence-corrected chi connectivity index (χ1v) is 5.48. The molecule has 3 unspecified atom stereocenters. The van der Waals surface area contributed by atoms with Crippen molar-refractivity contribution in [3.63, 3.8) is 0 Å². The molecule has 12 heavy (non-hydrogen) atoms. The van der Waals surface area contributed by atoms with Crippen LogP contribution in [-0.4, -0.2) is 0 Å². The van der Waals surface area contributed by atoms with Crippen molar-refractivity contribution in [1.29, 1.82) is 0 Å². The Labute approximate surface area is 77.7 Å². The van der Waals surface area contributed by atoms with E-state index in [4.69, 9.17) is 0 Å². The second-order valence-corrected chi connectivity index (χ2v) is 5.46. The van der Waals surface area contributed by atoms with E-state index in [-0.39, 0.29) is 0 Å². The zero-order valence-corrected chi connectivity index (χ0v) is 9.35. The van der Waals surface area contributed by atoms with Crippen LogP contribution >= 0.6 is 0 Å². The minimum atomic E-state index is 0.661. The van der Waals surface area contributed by atoms with Crippen LogP contribution in [0, 0.1) is 23.2 Å². The van der Waals surface area contributed by atoms with E-state index in [2.05, 4.69) is 34.6 Å². The molecule has 0 aliphatic heterocycles. The molecule has 1 aliphatic rings. The Morgan fingerprint density at radius 2 is 1.92 bits per heavy atom. The van der Waals surface area contributed by atoms with Crippen molar-refractivity contribution < 1.29 is 0 Å². The first kappa shape index (κ1) is 10.1. The molecule has 0 saturated heterocycles. The highest BCUT2D eigenvalue weighted by Gasteiger charge is 2.39. The summed E-state index contributed by atoms with van der Waals surface area (Å²) >= 11 is 0. The molecule has 0 bridgehead atoms. The van der Waals surface area contributed by atoms with Crippen LogP contribution in [0.3, 0.4) is 0 Å². The molecule has 0 aromatic heterocycles. The molecule has 1 aliphatic carbocycles. The third kappa shape index (κ3) is 1.84. The van der Waals surface area contributed by atoms with E-state index in [0.29, 0.717) is 5.41 Å². The zero-order valence-electron chi connectivity index (χ0n) is 9.35. The van der Waals surface area contributed by atoms with Crippen molar-refractivity contribution in [2.45, 2.75) is 53.9 Å².